The molecule has 2 rings (SSSR count). The molecule has 0 aliphatic heterocycles. The summed E-state index contributed by atoms with van der Waals surface area (Å²) < 4.78 is 6.07. The second-order valence-electron chi connectivity index (χ2n) is 4.09. The molecule has 0 saturated carbocycles. The van der Waals surface area contributed by atoms with E-state index in [1.807, 2.05) is 30.3 Å². The smallest absolute Gasteiger partial charge is 0.294 e. The van der Waals surface area contributed by atoms with Crippen LogP contribution in [-0.2, 0) is 11.4 Å². The highest BCUT2D eigenvalue weighted by Crippen LogP contribution is 2.36. The molecule has 0 aromatic heterocycles. The minimum Gasteiger partial charge on any atom is -0.488 e. The fourth-order valence-electron chi connectivity index (χ4n) is 1.72. The third-order valence-electron chi connectivity index (χ3n) is 2.70. The van der Waals surface area contributed by atoms with Gasteiger partial charge in [0.15, 0.2) is 0 Å². The number of rotatable bonds is 6. The summed E-state index contributed by atoms with van der Waals surface area (Å²) in [5.41, 5.74) is 0.843. The molecule has 0 bridgehead atoms. The summed E-state index contributed by atoms with van der Waals surface area (Å²) in [6.07, 6.45) is 0.386. The van der Waals surface area contributed by atoms with Crippen LogP contribution < -0.4 is 10.1 Å². The van der Waals surface area contributed by atoms with Crippen molar-refractivity contribution in [3.05, 3.63) is 62.6 Å². The van der Waals surface area contributed by atoms with Crippen LogP contribution in [0.2, 0.25) is 0 Å². The lowest BCUT2D eigenvalue weighted by molar-refractivity contribution is -0.384. The molecule has 0 heterocycles. The van der Waals surface area contributed by atoms with Crippen LogP contribution in [0.15, 0.2) is 46.9 Å². The summed E-state index contributed by atoms with van der Waals surface area (Å²) in [6.45, 7) is 0.317. The van der Waals surface area contributed by atoms with E-state index in [2.05, 4.69) is 21.2 Å². The number of benzene rings is 2. The first-order valence-electron chi connectivity index (χ1n) is 5.96. The molecule has 0 aliphatic carbocycles. The van der Waals surface area contributed by atoms with Crippen molar-refractivity contribution in [1.29, 1.82) is 0 Å². The molecule has 0 aliphatic rings. The van der Waals surface area contributed by atoms with Gasteiger partial charge in [-0.3, -0.25) is 14.9 Å². The third-order valence-corrected chi connectivity index (χ3v) is 3.32. The van der Waals surface area contributed by atoms with E-state index in [1.165, 1.54) is 12.1 Å². The predicted octanol–water partition coefficient (Wildman–Crippen LogP) is 3.50. The number of anilines is 1. The second-order valence-corrected chi connectivity index (χ2v) is 4.95. The molecule has 108 valence electrons. The molecule has 0 spiro atoms. The maximum absolute atomic E-state index is 10.9. The lowest BCUT2D eigenvalue weighted by Gasteiger charge is -2.10. The zero-order chi connectivity index (χ0) is 15.2. The Labute approximate surface area is 129 Å². The number of nitro benzene ring substituents is 1. The molecular formula is C14H11BrN2O4. The highest BCUT2D eigenvalue weighted by Gasteiger charge is 2.18. The van der Waals surface area contributed by atoms with Gasteiger partial charge in [-0.15, -0.1) is 0 Å². The van der Waals surface area contributed by atoms with Gasteiger partial charge in [0.25, 0.3) is 5.69 Å². The van der Waals surface area contributed by atoms with Crippen LogP contribution in [0.25, 0.3) is 0 Å². The summed E-state index contributed by atoms with van der Waals surface area (Å²) >= 11 is 3.23. The summed E-state index contributed by atoms with van der Waals surface area (Å²) in [7, 11) is 0. The van der Waals surface area contributed by atoms with Crippen LogP contribution >= 0.6 is 15.9 Å². The standard InChI is InChI=1S/C14H11BrN2O4/c15-11-6-13(17(19)20)12(16-9-18)7-14(11)21-8-10-4-2-1-3-5-10/h1-7,9H,8H2,(H,16,18). The van der Waals surface area contributed by atoms with Crippen LogP contribution in [0, 0.1) is 10.1 Å². The average molecular weight is 351 g/mol. The van der Waals surface area contributed by atoms with Gasteiger partial charge in [-0.1, -0.05) is 30.3 Å². The summed E-state index contributed by atoms with van der Waals surface area (Å²) in [6, 6.07) is 12.2. The summed E-state index contributed by atoms with van der Waals surface area (Å²) in [5, 5.41) is 13.2. The largest absolute Gasteiger partial charge is 0.488 e. The number of carbonyl (C=O) groups excluding carboxylic acids is 1. The molecule has 1 amide bonds. The number of hydrogen-bond acceptors (Lipinski definition) is 4. The van der Waals surface area contributed by atoms with Crippen molar-refractivity contribution in [3.8, 4) is 5.75 Å². The number of nitrogens with one attached hydrogen (secondary N) is 1. The van der Waals surface area contributed by atoms with E-state index < -0.39 is 4.92 Å². The summed E-state index contributed by atoms with van der Waals surface area (Å²) in [5.74, 6) is 0.411. The topological polar surface area (TPSA) is 81.5 Å². The Balaban J connectivity index is 2.25. The van der Waals surface area contributed by atoms with E-state index in [1.54, 1.807) is 0 Å². The molecule has 2 aromatic rings. The predicted molar refractivity (Wildman–Crippen MR) is 81.3 cm³/mol. The van der Waals surface area contributed by atoms with Crippen molar-refractivity contribution in [1.82, 2.24) is 0 Å². The average Bonchev–Trinajstić information content (AvgIpc) is 2.48. The highest BCUT2D eigenvalue weighted by molar-refractivity contribution is 9.10. The van der Waals surface area contributed by atoms with Crippen LogP contribution in [0.3, 0.4) is 0 Å². The van der Waals surface area contributed by atoms with E-state index in [0.717, 1.165) is 5.56 Å². The number of hydrogen-bond donors (Lipinski definition) is 1. The van der Waals surface area contributed by atoms with Crippen molar-refractivity contribution in [2.45, 2.75) is 6.61 Å². The number of halogens is 1. The first-order valence-corrected chi connectivity index (χ1v) is 6.76. The van der Waals surface area contributed by atoms with Crippen molar-refractivity contribution in [2.75, 3.05) is 5.32 Å². The zero-order valence-electron chi connectivity index (χ0n) is 10.8. The minimum atomic E-state index is -0.572. The number of amides is 1. The molecule has 2 aromatic carbocycles. The van der Waals surface area contributed by atoms with Crippen LogP contribution in [-0.4, -0.2) is 11.3 Å². The van der Waals surface area contributed by atoms with Crippen LogP contribution in [0.5, 0.6) is 5.75 Å². The number of nitro groups is 1. The number of nitrogens with zero attached hydrogens (tertiary/aromatic N) is 1. The van der Waals surface area contributed by atoms with Gasteiger partial charge in [-0.05, 0) is 21.5 Å². The van der Waals surface area contributed by atoms with E-state index in [4.69, 9.17) is 4.74 Å². The monoisotopic (exact) mass is 350 g/mol. The van der Waals surface area contributed by atoms with Gasteiger partial charge in [0.05, 0.1) is 9.40 Å². The highest BCUT2D eigenvalue weighted by atomic mass is 79.9. The van der Waals surface area contributed by atoms with E-state index in [0.29, 0.717) is 23.2 Å². The van der Waals surface area contributed by atoms with Crippen molar-refractivity contribution in [3.63, 3.8) is 0 Å². The molecular weight excluding hydrogens is 340 g/mol. The molecule has 0 fully saturated rings. The Kier molecular flexibility index (Phi) is 4.89. The molecule has 0 radical (unpaired) electrons. The molecule has 0 atom stereocenters. The van der Waals surface area contributed by atoms with Crippen molar-refractivity contribution >= 4 is 33.7 Å². The van der Waals surface area contributed by atoms with E-state index in [9.17, 15) is 14.9 Å². The van der Waals surface area contributed by atoms with Gasteiger partial charge in [-0.2, -0.15) is 0 Å². The van der Waals surface area contributed by atoms with Gasteiger partial charge < -0.3 is 10.1 Å². The number of ether oxygens (including phenoxy) is 1. The molecule has 1 N–H and O–H groups in total. The van der Waals surface area contributed by atoms with Gasteiger partial charge in [0, 0.05) is 12.1 Å². The molecule has 21 heavy (non-hydrogen) atoms. The Hall–Kier alpha value is -2.41. The van der Waals surface area contributed by atoms with Gasteiger partial charge in [0.1, 0.15) is 18.0 Å². The van der Waals surface area contributed by atoms with E-state index in [-0.39, 0.29) is 11.4 Å². The lowest BCUT2D eigenvalue weighted by Crippen LogP contribution is -2.02. The Morgan fingerprint density at radius 3 is 2.62 bits per heavy atom. The van der Waals surface area contributed by atoms with E-state index >= 15 is 0 Å². The Bertz CT molecular complexity index is 662. The maximum atomic E-state index is 10.9. The fraction of sp³-hybridized carbons (Fsp3) is 0.0714. The van der Waals surface area contributed by atoms with Crippen LogP contribution in [0.1, 0.15) is 5.56 Å². The molecule has 0 unspecified atom stereocenters. The molecule has 7 heteroatoms. The molecule has 0 saturated heterocycles. The Morgan fingerprint density at radius 1 is 1.29 bits per heavy atom. The van der Waals surface area contributed by atoms with Crippen LogP contribution in [0.4, 0.5) is 11.4 Å². The Morgan fingerprint density at radius 2 is 2.00 bits per heavy atom. The number of carbonyl (C=O) groups is 1. The van der Waals surface area contributed by atoms with Gasteiger partial charge in [-0.25, -0.2) is 0 Å². The quantitative estimate of drug-likeness (QED) is 0.491. The van der Waals surface area contributed by atoms with Gasteiger partial charge in [0.2, 0.25) is 6.41 Å². The molecule has 6 nitrogen and oxygen atoms in total. The normalized spacial score (nSPS) is 9.95. The zero-order valence-corrected chi connectivity index (χ0v) is 12.4. The van der Waals surface area contributed by atoms with Crippen molar-refractivity contribution in [2.24, 2.45) is 0 Å². The maximum Gasteiger partial charge on any atom is 0.294 e. The van der Waals surface area contributed by atoms with Crippen molar-refractivity contribution < 1.29 is 14.5 Å². The fourth-order valence-corrected chi connectivity index (χ4v) is 2.16. The lowest BCUT2D eigenvalue weighted by atomic mass is 10.2. The third kappa shape index (κ3) is 3.79. The van der Waals surface area contributed by atoms with Gasteiger partial charge >= 0.3 is 0 Å². The first kappa shape index (κ1) is 15.0. The minimum absolute atomic E-state index is 0.0845. The summed E-state index contributed by atoms with van der Waals surface area (Å²) in [4.78, 5) is 20.9. The first-order chi connectivity index (χ1) is 10.1. The second kappa shape index (κ2) is 6.85. The SMILES string of the molecule is O=CNc1cc(OCc2ccccc2)c(Br)cc1[N+](=O)[O-].